The number of benzene rings is 2. The predicted molar refractivity (Wildman–Crippen MR) is 82.4 cm³/mol. The van der Waals surface area contributed by atoms with E-state index in [1.165, 1.54) is 0 Å². The van der Waals surface area contributed by atoms with Gasteiger partial charge in [-0.25, -0.2) is 0 Å². The summed E-state index contributed by atoms with van der Waals surface area (Å²) >= 11 is 8.36. The molecule has 0 saturated heterocycles. The first-order valence-corrected chi connectivity index (χ1v) is 6.65. The van der Waals surface area contributed by atoms with E-state index in [1.54, 1.807) is 0 Å². The highest BCUT2D eigenvalue weighted by molar-refractivity contribution is 14.1. The van der Waals surface area contributed by atoms with Gasteiger partial charge in [-0.1, -0.05) is 29.8 Å². The van der Waals surface area contributed by atoms with Crippen LogP contribution in [-0.2, 0) is 6.54 Å². The molecule has 2 aromatic rings. The molecular weight excluding hydrogens is 347 g/mol. The summed E-state index contributed by atoms with van der Waals surface area (Å²) < 4.78 is 1.11. The highest BCUT2D eigenvalue weighted by Gasteiger charge is 2.02. The first-order chi connectivity index (χ1) is 8.16. The van der Waals surface area contributed by atoms with Gasteiger partial charge in [0.05, 0.1) is 0 Å². The first-order valence-electron chi connectivity index (χ1n) is 5.19. The minimum Gasteiger partial charge on any atom is -0.399 e. The Bertz CT molecular complexity index is 529. The van der Waals surface area contributed by atoms with Crippen LogP contribution in [0.25, 0.3) is 0 Å². The molecule has 0 unspecified atom stereocenters. The summed E-state index contributed by atoms with van der Waals surface area (Å²) in [5.41, 5.74) is 8.64. The smallest absolute Gasteiger partial charge is 0.0480 e. The number of nitrogens with two attached hydrogens (primary N) is 1. The van der Waals surface area contributed by atoms with Crippen LogP contribution in [0, 0.1) is 3.57 Å². The molecule has 0 spiro atoms. The van der Waals surface area contributed by atoms with Crippen LogP contribution in [0.5, 0.6) is 0 Å². The quantitative estimate of drug-likeness (QED) is 0.639. The van der Waals surface area contributed by atoms with Gasteiger partial charge in [0.1, 0.15) is 0 Å². The molecule has 17 heavy (non-hydrogen) atoms. The zero-order valence-electron chi connectivity index (χ0n) is 9.08. The van der Waals surface area contributed by atoms with Crippen LogP contribution in [0.4, 0.5) is 11.4 Å². The van der Waals surface area contributed by atoms with Gasteiger partial charge in [-0.05, 0) is 52.4 Å². The fraction of sp³-hybridized carbons (Fsp3) is 0.0769. The summed E-state index contributed by atoms with van der Waals surface area (Å²) in [5.74, 6) is 0. The molecule has 0 aromatic heterocycles. The number of hydrogen-bond donors (Lipinski definition) is 2. The molecule has 2 aromatic carbocycles. The highest BCUT2D eigenvalue weighted by Crippen LogP contribution is 2.22. The fourth-order valence-corrected chi connectivity index (χ4v) is 2.44. The van der Waals surface area contributed by atoms with E-state index >= 15 is 0 Å². The van der Waals surface area contributed by atoms with E-state index < -0.39 is 0 Å². The number of hydrogen-bond acceptors (Lipinski definition) is 2. The molecule has 4 heteroatoms. The average molecular weight is 359 g/mol. The maximum atomic E-state index is 6.09. The van der Waals surface area contributed by atoms with Crippen LogP contribution in [0.3, 0.4) is 0 Å². The number of halogens is 2. The number of nitrogens with one attached hydrogen (secondary N) is 1. The van der Waals surface area contributed by atoms with Gasteiger partial charge in [0.2, 0.25) is 0 Å². The van der Waals surface area contributed by atoms with Gasteiger partial charge in [0, 0.05) is 26.5 Å². The molecule has 0 bridgehead atoms. The number of rotatable bonds is 3. The van der Waals surface area contributed by atoms with Gasteiger partial charge in [0.25, 0.3) is 0 Å². The van der Waals surface area contributed by atoms with Crippen molar-refractivity contribution in [2.24, 2.45) is 0 Å². The van der Waals surface area contributed by atoms with Crippen LogP contribution in [0.2, 0.25) is 5.02 Å². The topological polar surface area (TPSA) is 38.0 Å². The van der Waals surface area contributed by atoms with E-state index in [4.69, 9.17) is 17.3 Å². The van der Waals surface area contributed by atoms with Gasteiger partial charge in [0.15, 0.2) is 0 Å². The zero-order valence-corrected chi connectivity index (χ0v) is 12.0. The van der Waals surface area contributed by atoms with Crippen molar-refractivity contribution in [1.29, 1.82) is 0 Å². The largest absolute Gasteiger partial charge is 0.399 e. The zero-order chi connectivity index (χ0) is 12.3. The lowest BCUT2D eigenvalue weighted by molar-refractivity contribution is 1.15. The molecule has 0 heterocycles. The molecule has 0 fully saturated rings. The maximum absolute atomic E-state index is 6.09. The summed E-state index contributed by atoms with van der Waals surface area (Å²) in [4.78, 5) is 0. The molecular formula is C13H12ClIN2. The van der Waals surface area contributed by atoms with Crippen molar-refractivity contribution in [1.82, 2.24) is 0 Å². The van der Waals surface area contributed by atoms with E-state index in [9.17, 15) is 0 Å². The van der Waals surface area contributed by atoms with E-state index in [0.29, 0.717) is 6.54 Å². The summed E-state index contributed by atoms with van der Waals surface area (Å²) in [6.45, 7) is 0.708. The second kappa shape index (κ2) is 5.60. The SMILES string of the molecule is Nc1ccc(NCc2ccccc2Cl)c(I)c1. The molecule has 0 amide bonds. The molecule has 0 aliphatic carbocycles. The molecule has 0 atom stereocenters. The number of nitrogen functional groups attached to an aromatic ring is 1. The van der Waals surface area contributed by atoms with Crippen molar-refractivity contribution >= 4 is 45.6 Å². The van der Waals surface area contributed by atoms with Gasteiger partial charge < -0.3 is 11.1 Å². The summed E-state index contributed by atoms with van der Waals surface area (Å²) in [5, 5.41) is 4.13. The van der Waals surface area contributed by atoms with E-state index in [1.807, 2.05) is 42.5 Å². The second-order valence-electron chi connectivity index (χ2n) is 3.68. The molecule has 0 saturated carbocycles. The lowest BCUT2D eigenvalue weighted by Gasteiger charge is -2.10. The van der Waals surface area contributed by atoms with Gasteiger partial charge in [-0.15, -0.1) is 0 Å². The Hall–Kier alpha value is -0.940. The van der Waals surface area contributed by atoms with Crippen molar-refractivity contribution in [2.75, 3.05) is 11.1 Å². The molecule has 0 radical (unpaired) electrons. The molecule has 0 aliphatic heterocycles. The fourth-order valence-electron chi connectivity index (χ4n) is 1.51. The monoisotopic (exact) mass is 358 g/mol. The van der Waals surface area contributed by atoms with Crippen LogP contribution < -0.4 is 11.1 Å². The Kier molecular flexibility index (Phi) is 4.12. The third-order valence-corrected chi connectivity index (χ3v) is 3.68. The highest BCUT2D eigenvalue weighted by atomic mass is 127. The van der Waals surface area contributed by atoms with Crippen LogP contribution in [0.1, 0.15) is 5.56 Å². The van der Waals surface area contributed by atoms with Gasteiger partial charge in [-0.2, -0.15) is 0 Å². The Morgan fingerprint density at radius 3 is 2.65 bits per heavy atom. The third kappa shape index (κ3) is 3.26. The van der Waals surface area contributed by atoms with E-state index in [2.05, 4.69) is 27.9 Å². The van der Waals surface area contributed by atoms with E-state index in [0.717, 1.165) is 25.5 Å². The van der Waals surface area contributed by atoms with Crippen LogP contribution >= 0.6 is 34.2 Å². The van der Waals surface area contributed by atoms with Gasteiger partial charge >= 0.3 is 0 Å². The normalized spacial score (nSPS) is 10.2. The summed E-state index contributed by atoms with van der Waals surface area (Å²) in [6.07, 6.45) is 0. The van der Waals surface area contributed by atoms with Crippen molar-refractivity contribution in [3.63, 3.8) is 0 Å². The maximum Gasteiger partial charge on any atom is 0.0480 e. The third-order valence-electron chi connectivity index (χ3n) is 2.42. The Morgan fingerprint density at radius 1 is 1.18 bits per heavy atom. The minimum absolute atomic E-state index is 0.708. The Labute approximate surface area is 119 Å². The molecule has 2 rings (SSSR count). The van der Waals surface area contributed by atoms with Crippen molar-refractivity contribution in [2.45, 2.75) is 6.54 Å². The lowest BCUT2D eigenvalue weighted by atomic mass is 10.2. The molecule has 2 nitrogen and oxygen atoms in total. The standard InChI is InChI=1S/C13H12ClIN2/c14-11-4-2-1-3-9(11)8-17-13-6-5-10(16)7-12(13)15/h1-7,17H,8,16H2. The summed E-state index contributed by atoms with van der Waals surface area (Å²) in [6, 6.07) is 13.6. The molecule has 0 aliphatic rings. The lowest BCUT2D eigenvalue weighted by Crippen LogP contribution is -2.02. The Balaban J connectivity index is 2.10. The van der Waals surface area contributed by atoms with Gasteiger partial charge in [-0.3, -0.25) is 0 Å². The second-order valence-corrected chi connectivity index (χ2v) is 5.25. The molecule has 88 valence electrons. The predicted octanol–water partition coefficient (Wildman–Crippen LogP) is 4.14. The van der Waals surface area contributed by atoms with E-state index in [-0.39, 0.29) is 0 Å². The van der Waals surface area contributed by atoms with Crippen LogP contribution in [-0.4, -0.2) is 0 Å². The first kappa shape index (κ1) is 12.5. The van der Waals surface area contributed by atoms with Crippen molar-refractivity contribution < 1.29 is 0 Å². The molecule has 3 N–H and O–H groups in total. The summed E-state index contributed by atoms with van der Waals surface area (Å²) in [7, 11) is 0. The number of anilines is 2. The van der Waals surface area contributed by atoms with Crippen molar-refractivity contribution in [3.05, 3.63) is 56.6 Å². The average Bonchev–Trinajstić information content (AvgIpc) is 2.30. The Morgan fingerprint density at radius 2 is 1.94 bits per heavy atom. The minimum atomic E-state index is 0.708. The van der Waals surface area contributed by atoms with Crippen LogP contribution in [0.15, 0.2) is 42.5 Å². The van der Waals surface area contributed by atoms with Crippen molar-refractivity contribution in [3.8, 4) is 0 Å².